The molecule has 0 aliphatic carbocycles. The third kappa shape index (κ3) is 26.8. The van der Waals surface area contributed by atoms with Gasteiger partial charge < -0.3 is 82.5 Å². The number of carbonyl (C=O) groups excluding carboxylic acids is 7. The zero-order chi connectivity index (χ0) is 59.0. The maximum atomic E-state index is 14.7. The number of amides is 7. The fourth-order valence-electron chi connectivity index (χ4n) is 7.94. The second-order valence-corrected chi connectivity index (χ2v) is 19.5. The van der Waals surface area contributed by atoms with Gasteiger partial charge in [-0.3, -0.25) is 53.7 Å². The summed E-state index contributed by atoms with van der Waals surface area (Å²) in [5.41, 5.74) is 40.0. The lowest BCUT2D eigenvalue weighted by Crippen LogP contribution is -2.60. The summed E-state index contributed by atoms with van der Waals surface area (Å²) in [7, 11) is 0. The largest absolute Gasteiger partial charge is 0.480 e. The molecule has 0 aromatic heterocycles. The highest BCUT2D eigenvalue weighted by Crippen LogP contribution is 2.16. The SMILES string of the molecule is CC(C)C[C@H](NC(=O)[C@H](CCCN=C(N)N)NC(=O)[C@H](Cc1ccc([N+](=O)[O-])cc1)NC(=O)[C@H](Cc1ccccc1)NC(=O)[C@H](CCCCN)NC(=O)[C@H](C)NC(=O)[C@H](CCCN=C(N)N)NC(=O)[C@@H](N)CCCCN)C(=O)O. The smallest absolute Gasteiger partial charge is 0.326 e. The van der Waals surface area contributed by atoms with E-state index < -0.39 is 101 Å². The molecule has 7 amide bonds. The number of carbonyl (C=O) groups is 8. The molecule has 438 valence electrons. The number of rotatable bonds is 38. The maximum absolute atomic E-state index is 14.7. The van der Waals surface area contributed by atoms with Crippen molar-refractivity contribution < 1.29 is 48.4 Å². The molecule has 0 heterocycles. The third-order valence-corrected chi connectivity index (χ3v) is 12.3. The molecule has 28 heteroatoms. The van der Waals surface area contributed by atoms with E-state index in [-0.39, 0.29) is 94.5 Å². The van der Waals surface area contributed by atoms with Crippen LogP contribution in [0.4, 0.5) is 5.69 Å². The number of hydrogen-bond acceptors (Lipinski definition) is 15. The number of nitrogens with one attached hydrogen (secondary N) is 7. The minimum Gasteiger partial charge on any atom is -0.480 e. The van der Waals surface area contributed by atoms with Gasteiger partial charge in [-0.2, -0.15) is 0 Å². The van der Waals surface area contributed by atoms with E-state index in [1.54, 1.807) is 44.2 Å². The second-order valence-electron chi connectivity index (χ2n) is 19.5. The lowest BCUT2D eigenvalue weighted by molar-refractivity contribution is -0.384. The van der Waals surface area contributed by atoms with Crippen LogP contribution in [0.5, 0.6) is 0 Å². The molecule has 0 bridgehead atoms. The van der Waals surface area contributed by atoms with Gasteiger partial charge in [0.25, 0.3) is 5.69 Å². The summed E-state index contributed by atoms with van der Waals surface area (Å²) in [6, 6.07) is 3.31. The Balaban J connectivity index is 2.54. The van der Waals surface area contributed by atoms with Gasteiger partial charge in [-0.15, -0.1) is 0 Å². The van der Waals surface area contributed by atoms with Crippen molar-refractivity contribution >= 4 is 64.9 Å². The number of unbranched alkanes of at least 4 members (excludes halogenated alkanes) is 2. The molecule has 28 nitrogen and oxygen atoms in total. The molecule has 79 heavy (non-hydrogen) atoms. The second kappa shape index (κ2) is 36.2. The number of hydrogen-bond donors (Lipinski definition) is 15. The molecule has 2 aromatic rings. The fourth-order valence-corrected chi connectivity index (χ4v) is 7.94. The zero-order valence-electron chi connectivity index (χ0n) is 45.3. The number of carboxylic acids is 1. The van der Waals surface area contributed by atoms with Crippen LogP contribution in [0.15, 0.2) is 64.6 Å². The van der Waals surface area contributed by atoms with E-state index in [0.717, 1.165) is 0 Å². The molecule has 0 saturated heterocycles. The topological polar surface area (TPSA) is 491 Å². The number of aliphatic carboxylic acids is 1. The van der Waals surface area contributed by atoms with E-state index >= 15 is 0 Å². The number of nitrogens with zero attached hydrogens (tertiary/aromatic N) is 3. The van der Waals surface area contributed by atoms with Gasteiger partial charge in [0.1, 0.15) is 42.3 Å². The standard InChI is InChI=1S/C51H83N17O11/c1-30(2)27-41(49(76)77)67-46(73)38(18-12-26-60-51(57)58)64-47(74)40(29-33-19-21-34(22-20-33)68(78)79)66-48(75)39(28-32-13-5-4-6-14-32)65-45(72)36(16-8-10-24-53)62-42(69)31(3)61-44(71)37(17-11-25-59-50(55)56)63-43(70)35(54)15-7-9-23-52/h4-6,13-14,19-22,30-31,35-41H,7-12,15-18,23-29,52-54H2,1-3H3,(H,61,71)(H,62,69)(H,63,70)(H,64,74)(H,65,72)(H,66,75)(H,67,73)(H,76,77)(H4,55,56,59)(H4,57,58,60)/t31-,35-,36-,37-,38-,39-,40-,41-/m0/s1. The molecular formula is C51H83N17O11. The van der Waals surface area contributed by atoms with Crippen LogP contribution >= 0.6 is 0 Å². The number of benzene rings is 2. The minimum absolute atomic E-state index is 0.0261. The summed E-state index contributed by atoms with van der Waals surface area (Å²) in [4.78, 5) is 129. The number of nitro benzene ring substituents is 1. The lowest BCUT2D eigenvalue weighted by atomic mass is 10.0. The highest BCUT2D eigenvalue weighted by Gasteiger charge is 2.34. The van der Waals surface area contributed by atoms with Crippen LogP contribution in [0.1, 0.15) is 103 Å². The molecule has 2 aromatic carbocycles. The number of carboxylic acid groups (broad SMARTS) is 1. The lowest BCUT2D eigenvalue weighted by Gasteiger charge is -2.28. The summed E-state index contributed by atoms with van der Waals surface area (Å²) in [6.07, 6.45) is 2.33. The summed E-state index contributed by atoms with van der Waals surface area (Å²) < 4.78 is 0. The fraction of sp³-hybridized carbons (Fsp3) is 0.569. The number of guanidine groups is 2. The highest BCUT2D eigenvalue weighted by atomic mass is 16.6. The average molecular weight is 1110 g/mol. The van der Waals surface area contributed by atoms with Crippen molar-refractivity contribution in [1.82, 2.24) is 37.2 Å². The van der Waals surface area contributed by atoms with Gasteiger partial charge in [-0.05, 0) is 101 Å². The molecule has 0 aliphatic heterocycles. The monoisotopic (exact) mass is 1110 g/mol. The van der Waals surface area contributed by atoms with E-state index in [0.29, 0.717) is 49.8 Å². The molecule has 0 spiro atoms. The molecule has 0 saturated carbocycles. The quantitative estimate of drug-likeness (QED) is 0.0110. The molecule has 0 fully saturated rings. The van der Waals surface area contributed by atoms with Crippen molar-refractivity contribution in [2.75, 3.05) is 26.2 Å². The molecule has 0 radical (unpaired) electrons. The average Bonchev–Trinajstić information content (AvgIpc) is 3.39. The van der Waals surface area contributed by atoms with Crippen LogP contribution in [0, 0.1) is 16.0 Å². The Hall–Kier alpha value is -7.98. The highest BCUT2D eigenvalue weighted by molar-refractivity contribution is 5.97. The van der Waals surface area contributed by atoms with E-state index in [9.17, 15) is 53.6 Å². The van der Waals surface area contributed by atoms with Crippen molar-refractivity contribution in [3.05, 3.63) is 75.8 Å². The van der Waals surface area contributed by atoms with Crippen molar-refractivity contribution in [3.8, 4) is 0 Å². The Morgan fingerprint density at radius 2 is 0.911 bits per heavy atom. The van der Waals surface area contributed by atoms with E-state index in [1.807, 2.05) is 0 Å². The first kappa shape index (κ1) is 67.1. The van der Waals surface area contributed by atoms with Crippen LogP contribution in [-0.2, 0) is 51.2 Å². The van der Waals surface area contributed by atoms with Gasteiger partial charge in [-0.1, -0.05) is 62.7 Å². The van der Waals surface area contributed by atoms with Crippen LogP contribution in [0.25, 0.3) is 0 Å². The number of nitrogens with two attached hydrogens (primary N) is 7. The van der Waals surface area contributed by atoms with Crippen molar-refractivity contribution in [2.24, 2.45) is 56.0 Å². The zero-order valence-corrected chi connectivity index (χ0v) is 45.3. The maximum Gasteiger partial charge on any atom is 0.326 e. The Bertz CT molecular complexity index is 2350. The first-order chi connectivity index (χ1) is 37.4. The summed E-state index contributed by atoms with van der Waals surface area (Å²) in [5, 5.41) is 39.8. The van der Waals surface area contributed by atoms with Gasteiger partial charge in [0.15, 0.2) is 11.9 Å². The number of non-ortho nitro benzene ring substituents is 1. The molecular weight excluding hydrogens is 1030 g/mol. The first-order valence-corrected chi connectivity index (χ1v) is 26.3. The van der Waals surface area contributed by atoms with Gasteiger partial charge in [0.2, 0.25) is 41.4 Å². The summed E-state index contributed by atoms with van der Waals surface area (Å²) in [5.74, 6) is -7.46. The van der Waals surface area contributed by atoms with Gasteiger partial charge >= 0.3 is 5.97 Å². The van der Waals surface area contributed by atoms with Gasteiger partial charge in [-0.25, -0.2) is 4.79 Å². The Morgan fingerprint density at radius 3 is 1.35 bits per heavy atom. The Labute approximate surface area is 459 Å². The summed E-state index contributed by atoms with van der Waals surface area (Å²) >= 11 is 0. The van der Waals surface area contributed by atoms with E-state index in [2.05, 4.69) is 47.2 Å². The third-order valence-electron chi connectivity index (χ3n) is 12.3. The molecule has 8 atom stereocenters. The predicted octanol–water partition coefficient (Wildman–Crippen LogP) is -2.38. The van der Waals surface area contributed by atoms with Gasteiger partial charge in [0, 0.05) is 38.1 Å². The van der Waals surface area contributed by atoms with Crippen molar-refractivity contribution in [3.63, 3.8) is 0 Å². The first-order valence-electron chi connectivity index (χ1n) is 26.3. The number of aliphatic imine (C=N–C) groups is 2. The molecule has 22 N–H and O–H groups in total. The van der Waals surface area contributed by atoms with Crippen molar-refractivity contribution in [1.29, 1.82) is 0 Å². The van der Waals surface area contributed by atoms with Crippen LogP contribution in [0.2, 0.25) is 0 Å². The van der Waals surface area contributed by atoms with Crippen LogP contribution < -0.4 is 77.4 Å². The van der Waals surface area contributed by atoms with Crippen LogP contribution in [-0.4, -0.2) is 144 Å². The number of nitro groups is 1. The van der Waals surface area contributed by atoms with Crippen LogP contribution in [0.3, 0.4) is 0 Å². The Morgan fingerprint density at radius 1 is 0.519 bits per heavy atom. The normalized spacial score (nSPS) is 14.0. The molecule has 0 aliphatic rings. The van der Waals surface area contributed by atoms with E-state index in [1.165, 1.54) is 31.2 Å². The van der Waals surface area contributed by atoms with E-state index in [4.69, 9.17) is 40.1 Å². The summed E-state index contributed by atoms with van der Waals surface area (Å²) in [6.45, 7) is 5.73. The van der Waals surface area contributed by atoms with Gasteiger partial charge in [0.05, 0.1) is 11.0 Å². The predicted molar refractivity (Wildman–Crippen MR) is 297 cm³/mol. The minimum atomic E-state index is -1.53. The molecule has 0 unspecified atom stereocenters. The molecule has 2 rings (SSSR count). The Kier molecular flexibility index (Phi) is 30.7. The van der Waals surface area contributed by atoms with Crippen molar-refractivity contribution in [2.45, 2.75) is 153 Å².